The molecule has 0 spiro atoms. The molecular weight excluding hydrogens is 360 g/mol. The largest absolute Gasteiger partial charge is 0.0841 e. The number of allylic oxidation sites excluding steroid dienone is 2. The molecule has 5 aliphatic carbocycles. The van der Waals surface area contributed by atoms with Crippen molar-refractivity contribution in [2.45, 2.75) is 120 Å². The summed E-state index contributed by atoms with van der Waals surface area (Å²) in [5.41, 5.74) is 4.57. The normalized spacial score (nSPS) is 54.6. The lowest BCUT2D eigenvalue weighted by molar-refractivity contribution is -0.144. The zero-order chi connectivity index (χ0) is 21.7. The highest BCUT2D eigenvalue weighted by atomic mass is 14.7. The van der Waals surface area contributed by atoms with Gasteiger partial charge in [0.1, 0.15) is 0 Å². The van der Waals surface area contributed by atoms with E-state index in [9.17, 15) is 0 Å². The number of hydrogen-bond acceptors (Lipinski definition) is 0. The summed E-state index contributed by atoms with van der Waals surface area (Å²) in [6.45, 7) is 21.1. The van der Waals surface area contributed by atoms with E-state index in [1.165, 1.54) is 64.2 Å². The van der Waals surface area contributed by atoms with E-state index in [4.69, 9.17) is 0 Å². The SMILES string of the molecule is CC(C)C1CCC2C1(C)CCC1(C)C3=CCC4C(C)(C)CCCC4(C)C3CCC21C. The van der Waals surface area contributed by atoms with Crippen LogP contribution in [0.1, 0.15) is 120 Å². The molecule has 5 rings (SSSR count). The van der Waals surface area contributed by atoms with Crippen molar-refractivity contribution in [1.82, 2.24) is 0 Å². The molecule has 0 aromatic heterocycles. The van der Waals surface area contributed by atoms with Crippen molar-refractivity contribution in [3.05, 3.63) is 11.6 Å². The summed E-state index contributed by atoms with van der Waals surface area (Å²) in [7, 11) is 0. The third-order valence-electron chi connectivity index (χ3n) is 13.0. The van der Waals surface area contributed by atoms with E-state index < -0.39 is 0 Å². The summed E-state index contributed by atoms with van der Waals surface area (Å²) in [6.07, 6.45) is 17.4. The maximum absolute atomic E-state index is 2.83. The molecule has 5 aliphatic rings. The fourth-order valence-corrected chi connectivity index (χ4v) is 11.3. The number of hydrogen-bond donors (Lipinski definition) is 0. The van der Waals surface area contributed by atoms with Gasteiger partial charge in [-0.25, -0.2) is 0 Å². The molecule has 0 N–H and O–H groups in total. The molecule has 0 heteroatoms. The summed E-state index contributed by atoms with van der Waals surface area (Å²) >= 11 is 0. The highest BCUT2D eigenvalue weighted by Crippen LogP contribution is 2.76. The summed E-state index contributed by atoms with van der Waals surface area (Å²) in [6, 6.07) is 0. The highest BCUT2D eigenvalue weighted by molar-refractivity contribution is 5.33. The molecule has 8 atom stereocenters. The van der Waals surface area contributed by atoms with Gasteiger partial charge >= 0.3 is 0 Å². The Morgan fingerprint density at radius 1 is 0.767 bits per heavy atom. The second kappa shape index (κ2) is 6.41. The summed E-state index contributed by atoms with van der Waals surface area (Å²) in [5.74, 6) is 4.49. The smallest absolute Gasteiger partial charge is 0.00566 e. The van der Waals surface area contributed by atoms with Crippen LogP contribution in [0.5, 0.6) is 0 Å². The molecule has 0 heterocycles. The zero-order valence-electron chi connectivity index (χ0n) is 21.5. The predicted molar refractivity (Wildman–Crippen MR) is 129 cm³/mol. The Morgan fingerprint density at radius 2 is 1.50 bits per heavy atom. The van der Waals surface area contributed by atoms with Gasteiger partial charge in [-0.3, -0.25) is 0 Å². The van der Waals surface area contributed by atoms with Crippen molar-refractivity contribution in [2.24, 2.45) is 56.7 Å². The van der Waals surface area contributed by atoms with Crippen molar-refractivity contribution < 1.29 is 0 Å². The zero-order valence-corrected chi connectivity index (χ0v) is 21.5. The molecule has 170 valence electrons. The fraction of sp³-hybridized carbons (Fsp3) is 0.933. The van der Waals surface area contributed by atoms with E-state index in [0.29, 0.717) is 27.1 Å². The molecule has 0 radical (unpaired) electrons. The Labute approximate surface area is 188 Å². The van der Waals surface area contributed by atoms with Crippen molar-refractivity contribution >= 4 is 0 Å². The second-order valence-corrected chi connectivity index (χ2v) is 14.6. The fourth-order valence-electron chi connectivity index (χ4n) is 11.3. The lowest BCUT2D eigenvalue weighted by Crippen LogP contribution is -2.60. The molecule has 0 aromatic rings. The van der Waals surface area contributed by atoms with Crippen LogP contribution >= 0.6 is 0 Å². The van der Waals surface area contributed by atoms with Gasteiger partial charge in [0, 0.05) is 0 Å². The van der Waals surface area contributed by atoms with Crippen LogP contribution in [-0.4, -0.2) is 0 Å². The van der Waals surface area contributed by atoms with Crippen LogP contribution in [0.15, 0.2) is 11.6 Å². The summed E-state index contributed by atoms with van der Waals surface area (Å²) in [5, 5.41) is 0. The first kappa shape index (κ1) is 21.6. The highest BCUT2D eigenvalue weighted by Gasteiger charge is 2.67. The van der Waals surface area contributed by atoms with Gasteiger partial charge in [0.2, 0.25) is 0 Å². The molecule has 0 saturated heterocycles. The Bertz CT molecular complexity index is 741. The van der Waals surface area contributed by atoms with Crippen LogP contribution in [0, 0.1) is 56.7 Å². The quantitative estimate of drug-likeness (QED) is 0.378. The maximum Gasteiger partial charge on any atom is -0.00566 e. The van der Waals surface area contributed by atoms with Crippen LogP contribution in [0.3, 0.4) is 0 Å². The first-order valence-corrected chi connectivity index (χ1v) is 13.6. The van der Waals surface area contributed by atoms with Gasteiger partial charge < -0.3 is 0 Å². The third-order valence-corrected chi connectivity index (χ3v) is 13.0. The van der Waals surface area contributed by atoms with Gasteiger partial charge in [0.15, 0.2) is 0 Å². The summed E-state index contributed by atoms with van der Waals surface area (Å²) < 4.78 is 0. The van der Waals surface area contributed by atoms with Crippen LogP contribution in [0.25, 0.3) is 0 Å². The lowest BCUT2D eigenvalue weighted by atomic mass is 9.36. The number of fused-ring (bicyclic) bond motifs is 7. The van der Waals surface area contributed by atoms with E-state index in [2.05, 4.69) is 61.5 Å². The minimum atomic E-state index is 0.446. The van der Waals surface area contributed by atoms with Crippen LogP contribution < -0.4 is 0 Å². The summed E-state index contributed by atoms with van der Waals surface area (Å²) in [4.78, 5) is 0. The maximum atomic E-state index is 2.83. The molecule has 0 aromatic carbocycles. The van der Waals surface area contributed by atoms with Gasteiger partial charge in [-0.1, -0.05) is 73.5 Å². The minimum Gasteiger partial charge on any atom is -0.0841 e. The monoisotopic (exact) mass is 410 g/mol. The van der Waals surface area contributed by atoms with Crippen molar-refractivity contribution in [1.29, 1.82) is 0 Å². The van der Waals surface area contributed by atoms with Crippen LogP contribution in [0.4, 0.5) is 0 Å². The molecule has 4 saturated carbocycles. The Morgan fingerprint density at radius 3 is 2.20 bits per heavy atom. The Balaban J connectivity index is 1.55. The van der Waals surface area contributed by atoms with E-state index in [-0.39, 0.29) is 0 Å². The standard InChI is InChI=1S/C30H50/c1-20(2)21-10-13-25-28(21,6)18-19-29(7)23-11-12-24-26(3,4)15-9-16-27(24,5)22(23)14-17-30(25,29)8/h11,20-22,24-25H,9-10,12-19H2,1-8H3. The van der Waals surface area contributed by atoms with Crippen LogP contribution in [0.2, 0.25) is 0 Å². The Hall–Kier alpha value is -0.260. The Kier molecular flexibility index (Phi) is 4.61. The second-order valence-electron chi connectivity index (χ2n) is 14.6. The molecule has 0 bridgehead atoms. The first-order chi connectivity index (χ1) is 13.9. The average Bonchev–Trinajstić information content (AvgIpc) is 3.01. The van der Waals surface area contributed by atoms with Gasteiger partial charge in [-0.2, -0.15) is 0 Å². The van der Waals surface area contributed by atoms with E-state index in [0.717, 1.165) is 29.6 Å². The van der Waals surface area contributed by atoms with Gasteiger partial charge in [0.25, 0.3) is 0 Å². The molecular formula is C30H50. The van der Waals surface area contributed by atoms with Crippen molar-refractivity contribution in [3.63, 3.8) is 0 Å². The molecule has 0 aliphatic heterocycles. The van der Waals surface area contributed by atoms with Gasteiger partial charge in [-0.05, 0) is 114 Å². The van der Waals surface area contributed by atoms with Gasteiger partial charge in [0.05, 0.1) is 0 Å². The predicted octanol–water partition coefficient (Wildman–Crippen LogP) is 9.05. The van der Waals surface area contributed by atoms with E-state index >= 15 is 0 Å². The van der Waals surface area contributed by atoms with Crippen LogP contribution in [-0.2, 0) is 0 Å². The molecule has 30 heavy (non-hydrogen) atoms. The topological polar surface area (TPSA) is 0 Å². The molecule has 4 fully saturated rings. The molecule has 0 amide bonds. The third kappa shape index (κ3) is 2.46. The lowest BCUT2D eigenvalue weighted by Gasteiger charge is -2.69. The molecule has 8 unspecified atom stereocenters. The molecule has 0 nitrogen and oxygen atoms in total. The van der Waals surface area contributed by atoms with Crippen molar-refractivity contribution in [3.8, 4) is 0 Å². The average molecular weight is 411 g/mol. The van der Waals surface area contributed by atoms with Gasteiger partial charge in [-0.15, -0.1) is 0 Å². The van der Waals surface area contributed by atoms with E-state index in [1.807, 2.05) is 5.57 Å². The first-order valence-electron chi connectivity index (χ1n) is 13.6. The van der Waals surface area contributed by atoms with E-state index in [1.54, 1.807) is 0 Å². The van der Waals surface area contributed by atoms with Crippen molar-refractivity contribution in [2.75, 3.05) is 0 Å². The minimum absolute atomic E-state index is 0.446. The number of rotatable bonds is 1.